The maximum atomic E-state index is 12.9. The van der Waals surface area contributed by atoms with Crippen LogP contribution in [0.5, 0.6) is 0 Å². The minimum absolute atomic E-state index is 0.0980. The Hall–Kier alpha value is -0.820. The maximum absolute atomic E-state index is 12.9. The molecule has 0 radical (unpaired) electrons. The third kappa shape index (κ3) is 3.44. The van der Waals surface area contributed by atoms with E-state index in [2.05, 4.69) is 10.3 Å². The van der Waals surface area contributed by atoms with E-state index in [0.717, 1.165) is 11.3 Å². The quantitative estimate of drug-likeness (QED) is 0.863. The molecule has 0 saturated heterocycles. The summed E-state index contributed by atoms with van der Waals surface area (Å²) in [7, 11) is 1.58. The van der Waals surface area contributed by atoms with Gasteiger partial charge in [-0.2, -0.15) is 13.2 Å². The van der Waals surface area contributed by atoms with Gasteiger partial charge in [0, 0.05) is 22.2 Å². The summed E-state index contributed by atoms with van der Waals surface area (Å²) >= 11 is 12.7. The number of halogens is 5. The number of hydrogen-bond acceptors (Lipinski definition) is 3. The first kappa shape index (κ1) is 15.6. The van der Waals surface area contributed by atoms with Crippen molar-refractivity contribution in [1.29, 1.82) is 0 Å². The van der Waals surface area contributed by atoms with E-state index >= 15 is 0 Å². The molecule has 8 heteroatoms. The number of thiazole rings is 1. The molecular weight excluding hydrogens is 332 g/mol. The van der Waals surface area contributed by atoms with Crippen LogP contribution in [0, 0.1) is 0 Å². The van der Waals surface area contributed by atoms with E-state index < -0.39 is 11.9 Å². The van der Waals surface area contributed by atoms with E-state index in [1.54, 1.807) is 7.05 Å². The molecule has 0 aliphatic heterocycles. The molecule has 1 N–H and O–H groups in total. The molecule has 108 valence electrons. The second kappa shape index (κ2) is 5.89. The van der Waals surface area contributed by atoms with Crippen LogP contribution in [-0.2, 0) is 12.7 Å². The molecule has 2 rings (SSSR count). The van der Waals surface area contributed by atoms with Gasteiger partial charge < -0.3 is 5.32 Å². The molecule has 0 spiro atoms. The first-order valence-corrected chi connectivity index (χ1v) is 7.06. The largest absolute Gasteiger partial charge is 0.434 e. The molecule has 1 aromatic heterocycles. The lowest BCUT2D eigenvalue weighted by Crippen LogP contribution is -2.12. The van der Waals surface area contributed by atoms with Gasteiger partial charge in [0.15, 0.2) is 5.69 Å². The zero-order valence-electron chi connectivity index (χ0n) is 10.2. The topological polar surface area (TPSA) is 24.9 Å². The van der Waals surface area contributed by atoms with E-state index in [1.165, 1.54) is 18.2 Å². The predicted molar refractivity (Wildman–Crippen MR) is 75.3 cm³/mol. The molecule has 0 saturated carbocycles. The standard InChI is InChI=1S/C12H9Cl2F3N2S/c1-18-5-9-10(12(15,16)17)19-11(20-9)6-2-7(13)4-8(14)3-6/h2-4,18H,5H2,1H3. The van der Waals surface area contributed by atoms with Crippen LogP contribution in [0.15, 0.2) is 18.2 Å². The molecule has 0 aliphatic rings. The van der Waals surface area contributed by atoms with Gasteiger partial charge in [-0.25, -0.2) is 4.98 Å². The van der Waals surface area contributed by atoms with Crippen molar-refractivity contribution < 1.29 is 13.2 Å². The van der Waals surface area contributed by atoms with Gasteiger partial charge in [-0.3, -0.25) is 0 Å². The SMILES string of the molecule is CNCc1sc(-c2cc(Cl)cc(Cl)c2)nc1C(F)(F)F. The summed E-state index contributed by atoms with van der Waals surface area (Å²) in [6.45, 7) is 0.0980. The molecule has 0 aliphatic carbocycles. The predicted octanol–water partition coefficient (Wildman–Crippen LogP) is 4.86. The Morgan fingerprint density at radius 3 is 2.30 bits per heavy atom. The van der Waals surface area contributed by atoms with Crippen LogP contribution < -0.4 is 5.32 Å². The number of alkyl halides is 3. The minimum Gasteiger partial charge on any atom is -0.315 e. The summed E-state index contributed by atoms with van der Waals surface area (Å²) in [5, 5.41) is 3.65. The highest BCUT2D eigenvalue weighted by atomic mass is 35.5. The van der Waals surface area contributed by atoms with Crippen molar-refractivity contribution in [3.8, 4) is 10.6 Å². The van der Waals surface area contributed by atoms with E-state index in [-0.39, 0.29) is 16.4 Å². The van der Waals surface area contributed by atoms with Crippen molar-refractivity contribution in [2.75, 3.05) is 7.05 Å². The Labute approximate surface area is 127 Å². The smallest absolute Gasteiger partial charge is 0.315 e. The molecule has 1 heterocycles. The van der Waals surface area contributed by atoms with Crippen LogP contribution in [-0.4, -0.2) is 12.0 Å². The van der Waals surface area contributed by atoms with Crippen LogP contribution in [0.3, 0.4) is 0 Å². The monoisotopic (exact) mass is 340 g/mol. The van der Waals surface area contributed by atoms with Crippen LogP contribution in [0.25, 0.3) is 10.6 Å². The van der Waals surface area contributed by atoms with Crippen LogP contribution in [0.2, 0.25) is 10.0 Å². The first-order valence-electron chi connectivity index (χ1n) is 5.49. The molecule has 0 amide bonds. The van der Waals surface area contributed by atoms with Gasteiger partial charge in [-0.15, -0.1) is 11.3 Å². The molecule has 1 aromatic carbocycles. The maximum Gasteiger partial charge on any atom is 0.434 e. The third-order valence-electron chi connectivity index (χ3n) is 2.41. The van der Waals surface area contributed by atoms with Crippen molar-refractivity contribution in [1.82, 2.24) is 10.3 Å². The van der Waals surface area contributed by atoms with Crippen molar-refractivity contribution in [2.24, 2.45) is 0 Å². The highest BCUT2D eigenvalue weighted by Gasteiger charge is 2.37. The summed E-state index contributed by atoms with van der Waals surface area (Å²) in [5.74, 6) is 0. The van der Waals surface area contributed by atoms with Gasteiger partial charge in [-0.05, 0) is 25.2 Å². The van der Waals surface area contributed by atoms with Gasteiger partial charge in [0.25, 0.3) is 0 Å². The Morgan fingerprint density at radius 1 is 1.20 bits per heavy atom. The van der Waals surface area contributed by atoms with E-state index in [1.807, 2.05) is 0 Å². The van der Waals surface area contributed by atoms with Crippen LogP contribution >= 0.6 is 34.5 Å². The van der Waals surface area contributed by atoms with E-state index in [0.29, 0.717) is 15.6 Å². The summed E-state index contributed by atoms with van der Waals surface area (Å²) in [6.07, 6.45) is -4.48. The van der Waals surface area contributed by atoms with Gasteiger partial charge >= 0.3 is 6.18 Å². The van der Waals surface area contributed by atoms with Crippen molar-refractivity contribution in [2.45, 2.75) is 12.7 Å². The fourth-order valence-electron chi connectivity index (χ4n) is 1.65. The molecule has 0 bridgehead atoms. The normalized spacial score (nSPS) is 11.9. The molecular formula is C12H9Cl2F3N2S. The summed E-state index contributed by atoms with van der Waals surface area (Å²) < 4.78 is 38.8. The van der Waals surface area contributed by atoms with Crippen molar-refractivity contribution >= 4 is 34.5 Å². The van der Waals surface area contributed by atoms with Crippen molar-refractivity contribution in [3.63, 3.8) is 0 Å². The number of aromatic nitrogens is 1. The number of rotatable bonds is 3. The summed E-state index contributed by atoms with van der Waals surface area (Å²) in [6, 6.07) is 4.59. The fraction of sp³-hybridized carbons (Fsp3) is 0.250. The highest BCUT2D eigenvalue weighted by molar-refractivity contribution is 7.15. The van der Waals surface area contributed by atoms with Gasteiger partial charge in [-0.1, -0.05) is 23.2 Å². The van der Waals surface area contributed by atoms with Gasteiger partial charge in [0.1, 0.15) is 5.01 Å². The Balaban J connectivity index is 2.52. The second-order valence-corrected chi connectivity index (χ2v) is 5.93. The average Bonchev–Trinajstić information content (AvgIpc) is 2.72. The molecule has 0 atom stereocenters. The Kier molecular flexibility index (Phi) is 4.59. The van der Waals surface area contributed by atoms with Crippen molar-refractivity contribution in [3.05, 3.63) is 38.8 Å². The molecule has 2 nitrogen and oxygen atoms in total. The van der Waals surface area contributed by atoms with Crippen LogP contribution in [0.4, 0.5) is 13.2 Å². The zero-order chi connectivity index (χ0) is 14.9. The second-order valence-electron chi connectivity index (χ2n) is 3.98. The van der Waals surface area contributed by atoms with E-state index in [4.69, 9.17) is 23.2 Å². The lowest BCUT2D eigenvalue weighted by atomic mass is 10.2. The number of nitrogens with zero attached hydrogens (tertiary/aromatic N) is 1. The summed E-state index contributed by atoms with van der Waals surface area (Å²) in [5.41, 5.74) is -0.400. The summed E-state index contributed by atoms with van der Waals surface area (Å²) in [4.78, 5) is 3.82. The molecule has 20 heavy (non-hydrogen) atoms. The minimum atomic E-state index is -4.48. The number of benzene rings is 1. The van der Waals surface area contributed by atoms with Gasteiger partial charge in [0.05, 0.1) is 4.88 Å². The number of hydrogen-bond donors (Lipinski definition) is 1. The highest BCUT2D eigenvalue weighted by Crippen LogP contribution is 2.38. The lowest BCUT2D eigenvalue weighted by Gasteiger charge is -2.04. The van der Waals surface area contributed by atoms with Crippen LogP contribution in [0.1, 0.15) is 10.6 Å². The zero-order valence-corrected chi connectivity index (χ0v) is 12.5. The molecule has 0 fully saturated rings. The third-order valence-corrected chi connectivity index (χ3v) is 3.95. The lowest BCUT2D eigenvalue weighted by molar-refractivity contribution is -0.141. The van der Waals surface area contributed by atoms with Gasteiger partial charge in [0.2, 0.25) is 0 Å². The first-order chi connectivity index (χ1) is 9.31. The fourth-order valence-corrected chi connectivity index (χ4v) is 3.26. The number of nitrogens with one attached hydrogen (secondary N) is 1. The van der Waals surface area contributed by atoms with E-state index in [9.17, 15) is 13.2 Å². The average molecular weight is 341 g/mol. The Morgan fingerprint density at radius 2 is 1.80 bits per heavy atom. The molecule has 2 aromatic rings. The molecule has 0 unspecified atom stereocenters. The Bertz CT molecular complexity index is 605.